The van der Waals surface area contributed by atoms with Crippen LogP contribution in [0.4, 0.5) is 14.5 Å². The normalized spacial score (nSPS) is 11.0. The summed E-state index contributed by atoms with van der Waals surface area (Å²) in [6, 6.07) is 5.15. The molecule has 20 heavy (non-hydrogen) atoms. The molecule has 1 aromatic carbocycles. The number of benzene rings is 1. The molecule has 0 aliphatic carbocycles. The van der Waals surface area contributed by atoms with Gasteiger partial charge < -0.3 is 5.43 Å². The van der Waals surface area contributed by atoms with Crippen LogP contribution in [-0.2, 0) is 0 Å². The van der Waals surface area contributed by atoms with Gasteiger partial charge in [-0.1, -0.05) is 0 Å². The van der Waals surface area contributed by atoms with Crippen LogP contribution >= 0.6 is 11.3 Å². The molecule has 2 aromatic rings. The molecule has 0 fully saturated rings. The van der Waals surface area contributed by atoms with Gasteiger partial charge in [0.15, 0.2) is 5.82 Å². The zero-order valence-corrected chi connectivity index (χ0v) is 11.3. The first-order valence-electron chi connectivity index (χ1n) is 5.59. The van der Waals surface area contributed by atoms with Gasteiger partial charge in [0.25, 0.3) is 0 Å². The molecule has 0 aliphatic rings. The van der Waals surface area contributed by atoms with Crippen molar-refractivity contribution in [1.82, 2.24) is 10.4 Å². The van der Waals surface area contributed by atoms with Gasteiger partial charge in [0.1, 0.15) is 22.5 Å². The Labute approximate surface area is 118 Å². The first kappa shape index (κ1) is 14.0. The second-order valence-corrected chi connectivity index (χ2v) is 4.72. The molecule has 0 saturated heterocycles. The predicted molar refractivity (Wildman–Crippen MR) is 73.6 cm³/mol. The minimum atomic E-state index is -0.727. The van der Waals surface area contributed by atoms with Crippen molar-refractivity contribution in [2.45, 2.75) is 6.92 Å². The van der Waals surface area contributed by atoms with Gasteiger partial charge in [-0.05, 0) is 19.1 Å². The van der Waals surface area contributed by atoms with Gasteiger partial charge in [-0.15, -0.1) is 11.3 Å². The molecule has 0 amide bonds. The van der Waals surface area contributed by atoms with Crippen molar-refractivity contribution in [2.24, 2.45) is 0 Å². The van der Waals surface area contributed by atoms with Crippen LogP contribution in [0.3, 0.4) is 0 Å². The molecule has 2 N–H and O–H groups in total. The third-order valence-corrected chi connectivity index (χ3v) is 3.32. The van der Waals surface area contributed by atoms with Crippen LogP contribution in [-0.4, -0.2) is 4.98 Å². The number of aryl methyl sites for hydroxylation is 1. The lowest BCUT2D eigenvalue weighted by Crippen LogP contribution is -2.16. The maximum absolute atomic E-state index is 13.3. The SMILES string of the molecule is Cc1csc(/C(C#N)=C/NNc2ccc(F)cc2F)n1. The van der Waals surface area contributed by atoms with E-state index in [-0.39, 0.29) is 5.69 Å². The monoisotopic (exact) mass is 292 g/mol. The lowest BCUT2D eigenvalue weighted by Gasteiger charge is -2.07. The number of hydrogen-bond acceptors (Lipinski definition) is 5. The van der Waals surface area contributed by atoms with Gasteiger partial charge in [0, 0.05) is 23.3 Å². The average Bonchev–Trinajstić information content (AvgIpc) is 2.83. The summed E-state index contributed by atoms with van der Waals surface area (Å²) in [5.74, 6) is -1.38. The quantitative estimate of drug-likeness (QED) is 0.671. The van der Waals surface area contributed by atoms with Crippen LogP contribution in [0.1, 0.15) is 10.7 Å². The third kappa shape index (κ3) is 3.30. The highest BCUT2D eigenvalue weighted by Crippen LogP contribution is 2.18. The van der Waals surface area contributed by atoms with Crippen molar-refractivity contribution < 1.29 is 8.78 Å². The van der Waals surface area contributed by atoms with Crippen molar-refractivity contribution >= 4 is 22.6 Å². The van der Waals surface area contributed by atoms with E-state index in [2.05, 4.69) is 15.8 Å². The van der Waals surface area contributed by atoms with E-state index in [0.717, 1.165) is 17.8 Å². The summed E-state index contributed by atoms with van der Waals surface area (Å²) in [6.45, 7) is 1.83. The molecular formula is C13H10F2N4S. The van der Waals surface area contributed by atoms with Gasteiger partial charge >= 0.3 is 0 Å². The van der Waals surface area contributed by atoms with Crippen molar-refractivity contribution in [2.75, 3.05) is 5.43 Å². The predicted octanol–water partition coefficient (Wildman–Crippen LogP) is 3.21. The van der Waals surface area contributed by atoms with Crippen LogP contribution in [0.15, 0.2) is 29.8 Å². The molecule has 2 rings (SSSR count). The minimum Gasteiger partial charge on any atom is -0.307 e. The Morgan fingerprint density at radius 1 is 1.45 bits per heavy atom. The summed E-state index contributed by atoms with van der Waals surface area (Å²) in [4.78, 5) is 4.17. The summed E-state index contributed by atoms with van der Waals surface area (Å²) >= 11 is 1.34. The Hall–Kier alpha value is -2.46. The number of aromatic nitrogens is 1. The molecule has 0 atom stereocenters. The van der Waals surface area contributed by atoms with Crippen LogP contribution < -0.4 is 10.9 Å². The fraction of sp³-hybridized carbons (Fsp3) is 0.0769. The molecule has 102 valence electrons. The van der Waals surface area contributed by atoms with Crippen molar-refractivity contribution in [3.05, 3.63) is 52.1 Å². The Bertz CT molecular complexity index is 688. The molecule has 0 radical (unpaired) electrons. The maximum atomic E-state index is 13.3. The molecule has 0 unspecified atom stereocenters. The second-order valence-electron chi connectivity index (χ2n) is 3.86. The molecule has 7 heteroatoms. The van der Waals surface area contributed by atoms with Crippen molar-refractivity contribution in [3.8, 4) is 6.07 Å². The average molecular weight is 292 g/mol. The third-order valence-electron chi connectivity index (χ3n) is 2.32. The van der Waals surface area contributed by atoms with E-state index < -0.39 is 11.6 Å². The fourth-order valence-corrected chi connectivity index (χ4v) is 2.16. The number of nitriles is 1. The molecule has 0 saturated carbocycles. The highest BCUT2D eigenvalue weighted by molar-refractivity contribution is 7.10. The lowest BCUT2D eigenvalue weighted by molar-refractivity contribution is 0.584. The number of nitrogens with zero attached hydrogens (tertiary/aromatic N) is 2. The van der Waals surface area contributed by atoms with Crippen LogP contribution in [0, 0.1) is 29.9 Å². The van der Waals surface area contributed by atoms with Gasteiger partial charge in [-0.3, -0.25) is 5.43 Å². The lowest BCUT2D eigenvalue weighted by atomic mass is 10.3. The highest BCUT2D eigenvalue weighted by atomic mass is 32.1. The molecule has 4 nitrogen and oxygen atoms in total. The Morgan fingerprint density at radius 2 is 2.25 bits per heavy atom. The number of thiazole rings is 1. The van der Waals surface area contributed by atoms with Gasteiger partial charge in [-0.25, -0.2) is 13.8 Å². The fourth-order valence-electron chi connectivity index (χ4n) is 1.40. The van der Waals surface area contributed by atoms with Crippen LogP contribution in [0.5, 0.6) is 0 Å². The first-order chi connectivity index (χ1) is 9.60. The number of hydrazine groups is 1. The topological polar surface area (TPSA) is 60.7 Å². The summed E-state index contributed by atoms with van der Waals surface area (Å²) < 4.78 is 26.1. The largest absolute Gasteiger partial charge is 0.307 e. The number of anilines is 1. The summed E-state index contributed by atoms with van der Waals surface area (Å²) in [5, 5.41) is 11.4. The van der Waals surface area contributed by atoms with E-state index in [0.29, 0.717) is 10.6 Å². The molecule has 1 heterocycles. The van der Waals surface area contributed by atoms with E-state index in [1.54, 1.807) is 0 Å². The summed E-state index contributed by atoms with van der Waals surface area (Å²) in [5.41, 5.74) is 6.35. The van der Waals surface area contributed by atoms with E-state index in [4.69, 9.17) is 5.26 Å². The van der Waals surface area contributed by atoms with E-state index in [1.165, 1.54) is 23.6 Å². The minimum absolute atomic E-state index is 0.0789. The number of hydrogen-bond donors (Lipinski definition) is 2. The summed E-state index contributed by atoms with van der Waals surface area (Å²) in [7, 11) is 0. The molecule has 1 aromatic heterocycles. The van der Waals surface area contributed by atoms with E-state index in [9.17, 15) is 8.78 Å². The van der Waals surface area contributed by atoms with E-state index >= 15 is 0 Å². The Morgan fingerprint density at radius 3 is 2.85 bits per heavy atom. The summed E-state index contributed by atoms with van der Waals surface area (Å²) in [6.07, 6.45) is 1.38. The van der Waals surface area contributed by atoms with Crippen molar-refractivity contribution in [3.63, 3.8) is 0 Å². The van der Waals surface area contributed by atoms with Crippen molar-refractivity contribution in [1.29, 1.82) is 5.26 Å². The molecule has 0 aliphatic heterocycles. The van der Waals surface area contributed by atoms with Crippen LogP contribution in [0.25, 0.3) is 5.57 Å². The first-order valence-corrected chi connectivity index (χ1v) is 6.47. The number of rotatable bonds is 4. The Kier molecular flexibility index (Phi) is 4.27. The number of halogens is 2. The highest BCUT2D eigenvalue weighted by Gasteiger charge is 2.05. The molecule has 0 spiro atoms. The van der Waals surface area contributed by atoms with Gasteiger partial charge in [-0.2, -0.15) is 5.26 Å². The van der Waals surface area contributed by atoms with Gasteiger partial charge in [0.2, 0.25) is 0 Å². The second kappa shape index (κ2) is 6.12. The molecule has 0 bridgehead atoms. The van der Waals surface area contributed by atoms with Crippen LogP contribution in [0.2, 0.25) is 0 Å². The van der Waals surface area contributed by atoms with E-state index in [1.807, 2.05) is 18.4 Å². The number of allylic oxidation sites excluding steroid dienone is 1. The maximum Gasteiger partial charge on any atom is 0.150 e. The molecular weight excluding hydrogens is 282 g/mol. The zero-order valence-electron chi connectivity index (χ0n) is 10.4. The Balaban J connectivity index is 2.07. The standard InChI is InChI=1S/C13H10F2N4S/c1-8-7-20-13(18-8)9(5-16)6-17-19-12-3-2-10(14)4-11(12)15/h2-4,6-7,17,19H,1H3/b9-6+. The zero-order chi connectivity index (χ0) is 14.5. The van der Waals surface area contributed by atoms with Gasteiger partial charge in [0.05, 0.1) is 5.69 Å². The smallest absolute Gasteiger partial charge is 0.150 e. The number of nitrogens with one attached hydrogen (secondary N) is 2.